The summed E-state index contributed by atoms with van der Waals surface area (Å²) >= 11 is 0. The van der Waals surface area contributed by atoms with Crippen LogP contribution in [0.3, 0.4) is 0 Å². The molecule has 0 bridgehead atoms. The Kier molecular flexibility index (Phi) is 8.94. The zero-order chi connectivity index (χ0) is 44.6. The maximum atomic E-state index is 3.36. The first-order valence-corrected chi connectivity index (χ1v) is 23.2. The van der Waals surface area contributed by atoms with Crippen molar-refractivity contribution in [2.45, 2.75) is 6.92 Å². The minimum Gasteiger partial charge on any atom is -0.309 e. The number of benzene rings is 11. The number of hydrogen-bond acceptors (Lipinski definition) is 0. The summed E-state index contributed by atoms with van der Waals surface area (Å²) in [6.07, 6.45) is 1.75. The highest BCUT2D eigenvalue weighted by Gasteiger charge is 2.23. The van der Waals surface area contributed by atoms with Gasteiger partial charge in [-0.15, -0.1) is 6.58 Å². The Morgan fingerprint density at radius 2 is 0.866 bits per heavy atom. The summed E-state index contributed by atoms with van der Waals surface area (Å²) in [6.45, 7) is 5.25. The van der Waals surface area contributed by atoms with E-state index in [4.69, 9.17) is 0 Å². The average Bonchev–Trinajstić information content (AvgIpc) is 4.03. The van der Waals surface area contributed by atoms with Crippen molar-refractivity contribution in [2.75, 3.05) is 0 Å². The van der Waals surface area contributed by atoms with Gasteiger partial charge in [0.25, 0.3) is 0 Å². The van der Waals surface area contributed by atoms with Gasteiger partial charge in [0.05, 0.1) is 22.1 Å². The molecule has 0 saturated carbocycles. The molecule has 2 nitrogen and oxygen atoms in total. The summed E-state index contributed by atoms with van der Waals surface area (Å²) in [5, 5.41) is 10.2. The highest BCUT2D eigenvalue weighted by atomic mass is 15.0. The van der Waals surface area contributed by atoms with Crippen LogP contribution in [-0.2, 0) is 0 Å². The van der Waals surface area contributed by atoms with Gasteiger partial charge in [0.2, 0.25) is 0 Å². The zero-order valence-corrected chi connectivity index (χ0v) is 37.1. The molecule has 2 heterocycles. The Labute approximate surface area is 389 Å². The van der Waals surface area contributed by atoms with E-state index in [1.165, 1.54) is 126 Å². The van der Waals surface area contributed by atoms with Gasteiger partial charge < -0.3 is 9.13 Å². The third kappa shape index (κ3) is 6.04. The molecule has 0 amide bonds. The molecule has 0 saturated heterocycles. The molecule has 2 aromatic heterocycles. The third-order valence-electron chi connectivity index (χ3n) is 13.9. The predicted octanol–water partition coefficient (Wildman–Crippen LogP) is 18.0. The minimum atomic E-state index is 1.14. The molecule has 67 heavy (non-hydrogen) atoms. The number of fused-ring (bicyclic) bond motifs is 11. The summed E-state index contributed by atoms with van der Waals surface area (Å²) in [5.74, 6) is 0. The van der Waals surface area contributed by atoms with Gasteiger partial charge in [0.1, 0.15) is 0 Å². The summed E-state index contributed by atoms with van der Waals surface area (Å²) in [7, 11) is 0. The fraction of sp³-hybridized carbons (Fsp3) is 0.0154. The highest BCUT2D eigenvalue weighted by Crippen LogP contribution is 2.49. The lowest BCUT2D eigenvalue weighted by molar-refractivity contribution is 1.18. The third-order valence-corrected chi connectivity index (χ3v) is 13.9. The Balaban J connectivity index is 0.00000145. The van der Waals surface area contributed by atoms with Crippen LogP contribution in [0.15, 0.2) is 243 Å². The SMILES string of the molecule is C=CC.c1ccc(-n2c3ccccc3c3ccc(-c4ccc5c(c4)c4ccc6ccccc6c4n5-c4cccc(-c5ccc(-c6ccc7c8c(cccc68)-c6ccccc6-7)cc5)c4)cc32)cc1. The van der Waals surface area contributed by atoms with Crippen LogP contribution in [0.2, 0.25) is 0 Å². The first kappa shape index (κ1) is 38.7. The highest BCUT2D eigenvalue weighted by molar-refractivity contribution is 6.20. The number of hydrogen-bond donors (Lipinski definition) is 0. The van der Waals surface area contributed by atoms with Crippen LogP contribution in [-0.4, -0.2) is 9.13 Å². The van der Waals surface area contributed by atoms with Crippen LogP contribution in [0.5, 0.6) is 0 Å². The van der Waals surface area contributed by atoms with Crippen molar-refractivity contribution in [3.05, 3.63) is 243 Å². The van der Waals surface area contributed by atoms with Crippen LogP contribution in [0.25, 0.3) is 132 Å². The molecule has 11 aromatic carbocycles. The molecule has 0 atom stereocenters. The van der Waals surface area contributed by atoms with Crippen molar-refractivity contribution in [2.24, 2.45) is 0 Å². The lowest BCUT2D eigenvalue weighted by atomic mass is 9.93. The average molecular weight is 853 g/mol. The number of rotatable bonds is 5. The molecule has 0 radical (unpaired) electrons. The largest absolute Gasteiger partial charge is 0.309 e. The molecule has 1 aliphatic carbocycles. The maximum absolute atomic E-state index is 3.36. The van der Waals surface area contributed by atoms with E-state index in [2.05, 4.69) is 246 Å². The lowest BCUT2D eigenvalue weighted by Gasteiger charge is -2.13. The van der Waals surface area contributed by atoms with E-state index >= 15 is 0 Å². The van der Waals surface area contributed by atoms with Gasteiger partial charge in [-0.1, -0.05) is 188 Å². The lowest BCUT2D eigenvalue weighted by Crippen LogP contribution is -1.95. The van der Waals surface area contributed by atoms with Crippen molar-refractivity contribution in [1.29, 1.82) is 0 Å². The molecule has 13 aromatic rings. The van der Waals surface area contributed by atoms with Crippen LogP contribution in [0.4, 0.5) is 0 Å². The van der Waals surface area contributed by atoms with Crippen molar-refractivity contribution < 1.29 is 0 Å². The number of para-hydroxylation sites is 2. The van der Waals surface area contributed by atoms with Gasteiger partial charge in [-0.05, 0) is 127 Å². The van der Waals surface area contributed by atoms with Crippen LogP contribution >= 0.6 is 0 Å². The topological polar surface area (TPSA) is 9.86 Å². The van der Waals surface area contributed by atoms with E-state index in [0.717, 1.165) is 5.69 Å². The molecule has 0 aliphatic heterocycles. The first-order valence-electron chi connectivity index (χ1n) is 23.2. The van der Waals surface area contributed by atoms with Gasteiger partial charge in [0, 0.05) is 38.3 Å². The number of nitrogens with zero attached hydrogens (tertiary/aromatic N) is 2. The maximum Gasteiger partial charge on any atom is 0.0619 e. The fourth-order valence-electron chi connectivity index (χ4n) is 11.0. The second-order valence-corrected chi connectivity index (χ2v) is 17.6. The standard InChI is InChI=1S/C62H38N2.C3H6/c1-2-14-45(15-3-1)63-58-23-9-8-20-51(58)52-31-29-44(38-60(52)63)43-30-35-59-57(37-43)56-32-28-40-12-4-5-17-48(40)62(56)64(59)46-16-10-13-42(36-46)39-24-26-41(27-25-39)47-33-34-55-50-19-7-6-18-49(50)54-22-11-21-53(47)61(54)55;1-3-2/h1-38H;3H,1H2,2H3. The Morgan fingerprint density at radius 1 is 0.313 bits per heavy atom. The van der Waals surface area contributed by atoms with Crippen molar-refractivity contribution >= 4 is 65.2 Å². The predicted molar refractivity (Wildman–Crippen MR) is 287 cm³/mol. The van der Waals surface area contributed by atoms with Crippen LogP contribution < -0.4 is 0 Å². The van der Waals surface area contributed by atoms with Crippen molar-refractivity contribution in [1.82, 2.24) is 9.13 Å². The molecular formula is C65H44N2. The van der Waals surface area contributed by atoms with Gasteiger partial charge in [0.15, 0.2) is 0 Å². The summed E-state index contributed by atoms with van der Waals surface area (Å²) in [4.78, 5) is 0. The Hall–Kier alpha value is -8.72. The Morgan fingerprint density at radius 3 is 1.70 bits per heavy atom. The quantitative estimate of drug-likeness (QED) is 0.153. The second kappa shape index (κ2) is 15.5. The summed E-state index contributed by atoms with van der Waals surface area (Å²) < 4.78 is 4.88. The van der Waals surface area contributed by atoms with Crippen LogP contribution in [0, 0.1) is 0 Å². The molecule has 0 unspecified atom stereocenters. The summed E-state index contributed by atoms with van der Waals surface area (Å²) in [6, 6.07) is 85.2. The molecule has 314 valence electrons. The molecule has 2 heteroatoms. The van der Waals surface area contributed by atoms with E-state index < -0.39 is 0 Å². The number of allylic oxidation sites excluding steroid dienone is 1. The van der Waals surface area contributed by atoms with Crippen molar-refractivity contribution in [3.8, 4) is 67.0 Å². The molecule has 0 N–H and O–H groups in total. The van der Waals surface area contributed by atoms with E-state index in [1.807, 2.05) is 6.92 Å². The smallest absolute Gasteiger partial charge is 0.0619 e. The van der Waals surface area contributed by atoms with Gasteiger partial charge in [-0.2, -0.15) is 0 Å². The minimum absolute atomic E-state index is 1.14. The normalized spacial score (nSPS) is 11.7. The molecule has 0 spiro atoms. The van der Waals surface area contributed by atoms with E-state index in [1.54, 1.807) is 6.08 Å². The van der Waals surface area contributed by atoms with Crippen LogP contribution in [0.1, 0.15) is 6.92 Å². The number of aromatic nitrogens is 2. The molecular weight excluding hydrogens is 809 g/mol. The van der Waals surface area contributed by atoms with Crippen molar-refractivity contribution in [3.63, 3.8) is 0 Å². The Bertz CT molecular complexity index is 4080. The van der Waals surface area contributed by atoms with Gasteiger partial charge in [-0.3, -0.25) is 0 Å². The monoisotopic (exact) mass is 852 g/mol. The van der Waals surface area contributed by atoms with E-state index in [9.17, 15) is 0 Å². The molecule has 1 aliphatic rings. The molecule has 14 rings (SSSR count). The fourth-order valence-corrected chi connectivity index (χ4v) is 11.0. The van der Waals surface area contributed by atoms with E-state index in [0.29, 0.717) is 0 Å². The first-order chi connectivity index (χ1) is 33.2. The van der Waals surface area contributed by atoms with Gasteiger partial charge in [-0.25, -0.2) is 0 Å². The summed E-state index contributed by atoms with van der Waals surface area (Å²) in [5.41, 5.74) is 19.7. The molecule has 0 fully saturated rings. The second-order valence-electron chi connectivity index (χ2n) is 17.6. The van der Waals surface area contributed by atoms with E-state index in [-0.39, 0.29) is 0 Å². The van der Waals surface area contributed by atoms with Gasteiger partial charge >= 0.3 is 0 Å². The zero-order valence-electron chi connectivity index (χ0n) is 37.1.